The molecule has 6 rings (SSSR count). The normalized spacial score (nSPS) is 20.9. The first-order valence-electron chi connectivity index (χ1n) is 17.2. The summed E-state index contributed by atoms with van der Waals surface area (Å²) in [5.41, 5.74) is 2.70. The summed E-state index contributed by atoms with van der Waals surface area (Å²) in [4.78, 5) is 48.2. The van der Waals surface area contributed by atoms with Crippen LogP contribution in [0.25, 0.3) is 0 Å². The zero-order valence-corrected chi connectivity index (χ0v) is 30.7. The van der Waals surface area contributed by atoms with E-state index in [1.54, 1.807) is 21.9 Å². The number of amides is 4. The number of hydrogen-bond donors (Lipinski definition) is 2. The number of rotatable bonds is 7. The number of fused-ring (bicyclic) bond motifs is 1. The lowest BCUT2D eigenvalue weighted by atomic mass is 9.91. The largest absolute Gasteiger partial charge is 0.507 e. The Morgan fingerprint density at radius 2 is 1.62 bits per heavy atom. The molecule has 0 spiro atoms. The second-order valence-electron chi connectivity index (χ2n) is 13.6. The van der Waals surface area contributed by atoms with E-state index in [0.717, 1.165) is 30.5 Å². The fraction of sp³-hybridized carbons (Fsp3) is 0.559. The number of benzene rings is 2. The van der Waals surface area contributed by atoms with Gasteiger partial charge in [-0.3, -0.25) is 9.69 Å². The molecule has 0 aliphatic carbocycles. The number of piperidine rings is 2. The molecule has 4 amide bonds. The standard InChI is InChI=1S/C34H44BBrN6O7S/c1-50(47,48)41-13-9-25(10-14-41)38-16-18-39(19-17-38)32(44)30(22-23-20-27(35)31(43)28(36)21-23)49-34(46)40-11-7-26(8-12-40)42-15-6-24-4-2-3-5-29(24)37-33(42)45/h2-5,20-21,25-26,30,43H,6-19,22H2,1H3,(H,37,45)/t30-/m1/s1. The molecule has 50 heavy (non-hydrogen) atoms. The molecule has 268 valence electrons. The van der Waals surface area contributed by atoms with Crippen LogP contribution in [0.5, 0.6) is 5.75 Å². The lowest BCUT2D eigenvalue weighted by Gasteiger charge is -2.43. The number of para-hydroxylation sites is 1. The van der Waals surface area contributed by atoms with Gasteiger partial charge in [0.05, 0.1) is 10.7 Å². The van der Waals surface area contributed by atoms with Crippen molar-refractivity contribution in [2.75, 3.05) is 70.5 Å². The number of aromatic hydroxyl groups is 1. The van der Waals surface area contributed by atoms with Crippen molar-refractivity contribution in [1.82, 2.24) is 23.9 Å². The number of phenols is 1. The highest BCUT2D eigenvalue weighted by molar-refractivity contribution is 9.10. The minimum absolute atomic E-state index is 0.0296. The van der Waals surface area contributed by atoms with Gasteiger partial charge < -0.3 is 29.9 Å². The van der Waals surface area contributed by atoms with Crippen LogP contribution in [0, 0.1) is 0 Å². The molecule has 2 N–H and O–H groups in total. The summed E-state index contributed by atoms with van der Waals surface area (Å²) in [7, 11) is 2.80. The van der Waals surface area contributed by atoms with Crippen LogP contribution < -0.4 is 10.8 Å². The first kappa shape index (κ1) is 36.5. The van der Waals surface area contributed by atoms with Gasteiger partial charge in [-0.2, -0.15) is 0 Å². The van der Waals surface area contributed by atoms with Crippen molar-refractivity contribution < 1.29 is 32.6 Å². The Balaban J connectivity index is 1.07. The van der Waals surface area contributed by atoms with Crippen LogP contribution in [-0.2, 0) is 32.4 Å². The fourth-order valence-electron chi connectivity index (χ4n) is 7.53. The zero-order chi connectivity index (χ0) is 35.6. The predicted octanol–water partition coefficient (Wildman–Crippen LogP) is 2.12. The first-order chi connectivity index (χ1) is 23.9. The molecule has 2 aromatic carbocycles. The number of nitrogens with one attached hydrogen (secondary N) is 1. The van der Waals surface area contributed by atoms with Gasteiger partial charge in [-0.25, -0.2) is 22.3 Å². The Kier molecular flexibility index (Phi) is 11.3. The number of anilines is 1. The average Bonchev–Trinajstić information content (AvgIpc) is 3.27. The van der Waals surface area contributed by atoms with Crippen LogP contribution in [0.3, 0.4) is 0 Å². The highest BCUT2D eigenvalue weighted by atomic mass is 79.9. The second-order valence-corrected chi connectivity index (χ2v) is 16.4. The highest BCUT2D eigenvalue weighted by Crippen LogP contribution is 2.27. The van der Waals surface area contributed by atoms with Gasteiger partial charge >= 0.3 is 12.1 Å². The quantitative estimate of drug-likeness (QED) is 0.408. The number of phenolic OH excluding ortho intramolecular Hbond substituents is 1. The van der Waals surface area contributed by atoms with E-state index < -0.39 is 22.2 Å². The molecule has 2 aromatic rings. The van der Waals surface area contributed by atoms with E-state index >= 15 is 0 Å². The molecular weight excluding hydrogens is 727 g/mol. The Hall–Kier alpha value is -3.34. The maximum atomic E-state index is 14.0. The number of halogens is 1. The lowest BCUT2D eigenvalue weighted by molar-refractivity contribution is -0.143. The molecule has 2 radical (unpaired) electrons. The van der Waals surface area contributed by atoms with Gasteiger partial charge in [0.25, 0.3) is 5.91 Å². The van der Waals surface area contributed by atoms with Crippen molar-refractivity contribution >= 4 is 63.0 Å². The second kappa shape index (κ2) is 15.5. The molecule has 0 bridgehead atoms. The van der Waals surface area contributed by atoms with Gasteiger partial charge in [0, 0.05) is 83.1 Å². The van der Waals surface area contributed by atoms with E-state index in [-0.39, 0.29) is 41.7 Å². The summed E-state index contributed by atoms with van der Waals surface area (Å²) < 4.78 is 31.8. The monoisotopic (exact) mass is 770 g/mol. The number of likely N-dealkylation sites (tertiary alicyclic amines) is 1. The van der Waals surface area contributed by atoms with Gasteiger partial charge in [-0.1, -0.05) is 29.7 Å². The summed E-state index contributed by atoms with van der Waals surface area (Å²) in [6.45, 7) is 4.51. The van der Waals surface area contributed by atoms with Crippen LogP contribution in [0.2, 0.25) is 0 Å². The Morgan fingerprint density at radius 1 is 0.960 bits per heavy atom. The zero-order valence-electron chi connectivity index (χ0n) is 28.3. The molecule has 0 aromatic heterocycles. The SMILES string of the molecule is [B]c1cc(C[C@@H](OC(=O)N2CCC(N3CCc4ccccc4NC3=O)CC2)C(=O)N2CCN(C3CCN(S(C)(=O)=O)CC3)CC2)cc(Br)c1O. The summed E-state index contributed by atoms with van der Waals surface area (Å²) in [5.74, 6) is -0.402. The minimum atomic E-state index is -3.21. The third-order valence-electron chi connectivity index (χ3n) is 10.4. The number of urea groups is 1. The van der Waals surface area contributed by atoms with E-state index in [1.807, 2.05) is 29.2 Å². The fourth-order valence-corrected chi connectivity index (χ4v) is 8.93. The van der Waals surface area contributed by atoms with Gasteiger partial charge in [0.1, 0.15) is 13.6 Å². The topological polar surface area (TPSA) is 143 Å². The molecule has 4 aliphatic rings. The van der Waals surface area contributed by atoms with Crippen LogP contribution in [0.15, 0.2) is 40.9 Å². The van der Waals surface area contributed by atoms with Crippen LogP contribution in [0.1, 0.15) is 36.8 Å². The Labute approximate surface area is 303 Å². The predicted molar refractivity (Wildman–Crippen MR) is 193 cm³/mol. The first-order valence-corrected chi connectivity index (χ1v) is 19.9. The summed E-state index contributed by atoms with van der Waals surface area (Å²) in [6.07, 6.45) is 3.01. The summed E-state index contributed by atoms with van der Waals surface area (Å²) in [6, 6.07) is 11.1. The number of hydrogen-bond acceptors (Lipinski definition) is 8. The summed E-state index contributed by atoms with van der Waals surface area (Å²) in [5, 5.41) is 13.2. The van der Waals surface area contributed by atoms with Crippen LogP contribution in [-0.4, -0.2) is 147 Å². The maximum Gasteiger partial charge on any atom is 0.410 e. The highest BCUT2D eigenvalue weighted by Gasteiger charge is 2.37. The molecule has 0 unspecified atom stereocenters. The summed E-state index contributed by atoms with van der Waals surface area (Å²) >= 11 is 3.31. The van der Waals surface area contributed by atoms with E-state index in [0.29, 0.717) is 81.8 Å². The third-order valence-corrected chi connectivity index (χ3v) is 12.3. The van der Waals surface area contributed by atoms with Gasteiger partial charge in [0.15, 0.2) is 6.10 Å². The van der Waals surface area contributed by atoms with E-state index in [9.17, 15) is 27.9 Å². The van der Waals surface area contributed by atoms with E-state index in [1.165, 1.54) is 10.6 Å². The number of ether oxygens (including phenoxy) is 1. The molecule has 3 fully saturated rings. The molecule has 4 heterocycles. The molecule has 16 heteroatoms. The average molecular weight is 772 g/mol. The van der Waals surface area contributed by atoms with E-state index in [4.69, 9.17) is 12.6 Å². The minimum Gasteiger partial charge on any atom is -0.507 e. The van der Waals surface area contributed by atoms with Gasteiger partial charge in [0.2, 0.25) is 10.0 Å². The maximum absolute atomic E-state index is 14.0. The van der Waals surface area contributed by atoms with Gasteiger partial charge in [-0.15, -0.1) is 0 Å². The van der Waals surface area contributed by atoms with Crippen molar-refractivity contribution in [2.24, 2.45) is 0 Å². The lowest BCUT2D eigenvalue weighted by Crippen LogP contribution is -2.57. The molecule has 1 atom stereocenters. The smallest absolute Gasteiger partial charge is 0.410 e. The molecular formula is C34H44BBrN6O7S. The number of carbonyl (C=O) groups excluding carboxylic acids is 3. The van der Waals surface area contributed by atoms with Crippen molar-refractivity contribution in [1.29, 1.82) is 0 Å². The Morgan fingerprint density at radius 3 is 2.28 bits per heavy atom. The van der Waals surface area contributed by atoms with Crippen LogP contribution >= 0.6 is 15.9 Å². The third kappa shape index (κ3) is 8.40. The van der Waals surface area contributed by atoms with Crippen molar-refractivity contribution in [3.05, 3.63) is 52.0 Å². The number of nitrogens with zero attached hydrogens (tertiary/aromatic N) is 5. The Bertz CT molecular complexity index is 1670. The van der Waals surface area contributed by atoms with Crippen molar-refractivity contribution in [3.63, 3.8) is 0 Å². The number of sulfonamides is 1. The molecule has 13 nitrogen and oxygen atoms in total. The van der Waals surface area contributed by atoms with Gasteiger partial charge in [-0.05, 0) is 71.3 Å². The molecule has 0 saturated carbocycles. The van der Waals surface area contributed by atoms with Crippen LogP contribution in [0.4, 0.5) is 15.3 Å². The van der Waals surface area contributed by atoms with E-state index in [2.05, 4.69) is 26.1 Å². The van der Waals surface area contributed by atoms with Crippen molar-refractivity contribution in [2.45, 2.75) is 56.7 Å². The number of carbonyl (C=O) groups is 3. The number of piperazine rings is 1. The molecule has 4 aliphatic heterocycles. The van der Waals surface area contributed by atoms with Crippen molar-refractivity contribution in [3.8, 4) is 5.75 Å². The molecule has 3 saturated heterocycles.